The third-order valence-electron chi connectivity index (χ3n) is 2.89. The average Bonchev–Trinajstić information content (AvgIpc) is 2.48. The number of aromatic nitrogens is 3. The van der Waals surface area contributed by atoms with E-state index < -0.39 is 11.7 Å². The minimum absolute atomic E-state index is 0.202. The molecule has 0 aliphatic heterocycles. The maximum absolute atomic E-state index is 12.5. The van der Waals surface area contributed by atoms with Gasteiger partial charge in [-0.05, 0) is 18.2 Å². The van der Waals surface area contributed by atoms with Crippen LogP contribution in [0.1, 0.15) is 5.56 Å². The zero-order valence-corrected chi connectivity index (χ0v) is 11.7. The number of anilines is 2. The molecule has 0 unspecified atom stereocenters. The molecule has 1 N–H and O–H groups in total. The third kappa shape index (κ3) is 2.94. The Morgan fingerprint density at radius 1 is 1.00 bits per heavy atom. The molecule has 8 heteroatoms. The molecule has 4 nitrogen and oxygen atoms in total. The van der Waals surface area contributed by atoms with Crippen LogP contribution in [0.5, 0.6) is 0 Å². The zero-order chi connectivity index (χ0) is 15.7. The van der Waals surface area contributed by atoms with E-state index in [1.54, 1.807) is 24.4 Å². The van der Waals surface area contributed by atoms with E-state index in [1.807, 2.05) is 0 Å². The first-order valence-electron chi connectivity index (χ1n) is 6.15. The van der Waals surface area contributed by atoms with Gasteiger partial charge in [0.05, 0.1) is 16.1 Å². The summed E-state index contributed by atoms with van der Waals surface area (Å²) in [6.07, 6.45) is -2.10. The van der Waals surface area contributed by atoms with Gasteiger partial charge in [0.15, 0.2) is 0 Å². The Labute approximate surface area is 128 Å². The van der Waals surface area contributed by atoms with E-state index in [2.05, 4.69) is 20.3 Å². The van der Waals surface area contributed by atoms with Crippen LogP contribution >= 0.6 is 11.6 Å². The molecule has 22 heavy (non-hydrogen) atoms. The molecule has 0 spiro atoms. The predicted octanol–water partition coefficient (Wildman–Crippen LogP) is 4.44. The Kier molecular flexibility index (Phi) is 3.58. The van der Waals surface area contributed by atoms with Gasteiger partial charge in [0.2, 0.25) is 5.95 Å². The molecule has 0 atom stereocenters. The van der Waals surface area contributed by atoms with Gasteiger partial charge in [0.1, 0.15) is 5.82 Å². The van der Waals surface area contributed by atoms with Gasteiger partial charge in [-0.25, -0.2) is 15.0 Å². The fourth-order valence-corrected chi connectivity index (χ4v) is 2.05. The Hall–Kier alpha value is -2.41. The summed E-state index contributed by atoms with van der Waals surface area (Å²) in [4.78, 5) is 12.0. The molecule has 0 radical (unpaired) electrons. The van der Waals surface area contributed by atoms with E-state index in [-0.39, 0.29) is 11.8 Å². The highest BCUT2D eigenvalue weighted by Crippen LogP contribution is 2.29. The third-order valence-corrected chi connectivity index (χ3v) is 3.20. The smallest absolute Gasteiger partial charge is 0.309 e. The van der Waals surface area contributed by atoms with Crippen LogP contribution in [0.15, 0.2) is 42.7 Å². The van der Waals surface area contributed by atoms with Gasteiger partial charge in [-0.2, -0.15) is 13.2 Å². The molecule has 0 amide bonds. The summed E-state index contributed by atoms with van der Waals surface area (Å²) < 4.78 is 37.4. The molecule has 0 aliphatic carbocycles. The van der Waals surface area contributed by atoms with Crippen molar-refractivity contribution in [1.82, 2.24) is 15.0 Å². The van der Waals surface area contributed by atoms with Crippen molar-refractivity contribution in [3.05, 3.63) is 53.3 Å². The first-order chi connectivity index (χ1) is 10.4. The lowest BCUT2D eigenvalue weighted by Crippen LogP contribution is -2.06. The van der Waals surface area contributed by atoms with Gasteiger partial charge in [0.25, 0.3) is 0 Å². The molecule has 0 saturated heterocycles. The van der Waals surface area contributed by atoms with Crippen LogP contribution in [0.2, 0.25) is 5.02 Å². The van der Waals surface area contributed by atoms with Crippen molar-refractivity contribution in [3.63, 3.8) is 0 Å². The SMILES string of the molecule is FC(F)(F)c1ccc(Nc2ncc3cccc(Cl)c3n2)nc1. The van der Waals surface area contributed by atoms with Crippen LogP contribution < -0.4 is 5.32 Å². The molecule has 0 bridgehead atoms. The highest BCUT2D eigenvalue weighted by Gasteiger charge is 2.30. The summed E-state index contributed by atoms with van der Waals surface area (Å²) in [7, 11) is 0. The standard InChI is InChI=1S/C14H8ClF3N4/c15-10-3-1-2-8-6-20-13(22-12(8)10)21-11-5-4-9(7-19-11)14(16,17)18/h1-7H,(H,19,20,21,22). The van der Waals surface area contributed by atoms with E-state index >= 15 is 0 Å². The highest BCUT2D eigenvalue weighted by atomic mass is 35.5. The predicted molar refractivity (Wildman–Crippen MR) is 77.1 cm³/mol. The summed E-state index contributed by atoms with van der Waals surface area (Å²) in [6.45, 7) is 0. The van der Waals surface area contributed by atoms with Gasteiger partial charge in [0, 0.05) is 17.8 Å². The molecule has 112 valence electrons. The molecule has 3 aromatic rings. The van der Waals surface area contributed by atoms with Gasteiger partial charge in [-0.3, -0.25) is 0 Å². The number of pyridine rings is 1. The fourth-order valence-electron chi connectivity index (χ4n) is 1.83. The number of nitrogens with one attached hydrogen (secondary N) is 1. The minimum Gasteiger partial charge on any atom is -0.309 e. The average molecular weight is 325 g/mol. The molecular weight excluding hydrogens is 317 g/mol. The molecule has 2 aromatic heterocycles. The van der Waals surface area contributed by atoms with E-state index in [1.165, 1.54) is 6.07 Å². The van der Waals surface area contributed by atoms with Crippen molar-refractivity contribution in [2.45, 2.75) is 6.18 Å². The Morgan fingerprint density at radius 3 is 2.50 bits per heavy atom. The number of halogens is 4. The number of hydrogen-bond acceptors (Lipinski definition) is 4. The number of alkyl halides is 3. The summed E-state index contributed by atoms with van der Waals surface area (Å²) in [5.74, 6) is 0.410. The quantitative estimate of drug-likeness (QED) is 0.757. The lowest BCUT2D eigenvalue weighted by molar-refractivity contribution is -0.137. The van der Waals surface area contributed by atoms with Crippen LogP contribution in [0, 0.1) is 0 Å². The van der Waals surface area contributed by atoms with Crippen molar-refractivity contribution >= 4 is 34.3 Å². The van der Waals surface area contributed by atoms with Crippen molar-refractivity contribution in [3.8, 4) is 0 Å². The number of hydrogen-bond donors (Lipinski definition) is 1. The van der Waals surface area contributed by atoms with Crippen LogP contribution in [-0.2, 0) is 6.18 Å². The molecule has 0 saturated carbocycles. The van der Waals surface area contributed by atoms with E-state index in [9.17, 15) is 13.2 Å². The maximum Gasteiger partial charge on any atom is 0.417 e. The topological polar surface area (TPSA) is 50.7 Å². The lowest BCUT2D eigenvalue weighted by Gasteiger charge is -2.08. The van der Waals surface area contributed by atoms with E-state index in [0.717, 1.165) is 17.6 Å². The number of benzene rings is 1. The number of para-hydroxylation sites is 1. The first kappa shape index (κ1) is 14.5. The zero-order valence-electron chi connectivity index (χ0n) is 10.9. The summed E-state index contributed by atoms with van der Waals surface area (Å²) >= 11 is 6.04. The largest absolute Gasteiger partial charge is 0.417 e. The van der Waals surface area contributed by atoms with Crippen LogP contribution in [-0.4, -0.2) is 15.0 Å². The van der Waals surface area contributed by atoms with Gasteiger partial charge < -0.3 is 5.32 Å². The monoisotopic (exact) mass is 324 g/mol. The maximum atomic E-state index is 12.5. The molecule has 3 rings (SSSR count). The van der Waals surface area contributed by atoms with Crippen LogP contribution in [0.4, 0.5) is 24.9 Å². The first-order valence-corrected chi connectivity index (χ1v) is 6.53. The summed E-state index contributed by atoms with van der Waals surface area (Å²) in [5.41, 5.74) is -0.269. The number of nitrogens with zero attached hydrogens (tertiary/aromatic N) is 3. The van der Waals surface area contributed by atoms with Crippen molar-refractivity contribution in [2.75, 3.05) is 5.32 Å². The highest BCUT2D eigenvalue weighted by molar-refractivity contribution is 6.35. The van der Waals surface area contributed by atoms with Crippen molar-refractivity contribution < 1.29 is 13.2 Å². The second-order valence-corrected chi connectivity index (χ2v) is 4.83. The van der Waals surface area contributed by atoms with Crippen LogP contribution in [0.25, 0.3) is 10.9 Å². The lowest BCUT2D eigenvalue weighted by atomic mass is 10.2. The summed E-state index contributed by atoms with van der Waals surface area (Å²) in [6, 6.07) is 7.42. The fraction of sp³-hybridized carbons (Fsp3) is 0.0714. The Bertz CT molecular complexity index is 818. The molecule has 2 heterocycles. The van der Waals surface area contributed by atoms with Gasteiger partial charge >= 0.3 is 6.18 Å². The second kappa shape index (κ2) is 5.42. The van der Waals surface area contributed by atoms with Crippen LogP contribution in [0.3, 0.4) is 0 Å². The number of rotatable bonds is 2. The Morgan fingerprint density at radius 2 is 1.82 bits per heavy atom. The molecule has 0 fully saturated rings. The van der Waals surface area contributed by atoms with E-state index in [4.69, 9.17) is 11.6 Å². The molecule has 0 aliphatic rings. The van der Waals surface area contributed by atoms with Crippen molar-refractivity contribution in [1.29, 1.82) is 0 Å². The van der Waals surface area contributed by atoms with Crippen molar-refractivity contribution in [2.24, 2.45) is 0 Å². The second-order valence-electron chi connectivity index (χ2n) is 4.43. The molecule has 1 aromatic carbocycles. The normalized spacial score (nSPS) is 11.6. The van der Waals surface area contributed by atoms with Gasteiger partial charge in [-0.15, -0.1) is 0 Å². The van der Waals surface area contributed by atoms with E-state index in [0.29, 0.717) is 10.5 Å². The Balaban J connectivity index is 1.88. The minimum atomic E-state index is -4.42. The summed E-state index contributed by atoms with van der Waals surface area (Å²) in [5, 5.41) is 3.97. The molecular formula is C14H8ClF3N4. The van der Waals surface area contributed by atoms with Gasteiger partial charge in [-0.1, -0.05) is 23.7 Å². The number of fused-ring (bicyclic) bond motifs is 1.